The van der Waals surface area contributed by atoms with Gasteiger partial charge in [-0.05, 0) is 36.8 Å². The molecule has 0 bridgehead atoms. The van der Waals surface area contributed by atoms with Crippen LogP contribution in [0.5, 0.6) is 0 Å². The summed E-state index contributed by atoms with van der Waals surface area (Å²) in [5, 5.41) is 4.46. The van der Waals surface area contributed by atoms with Crippen molar-refractivity contribution in [1.29, 1.82) is 0 Å². The van der Waals surface area contributed by atoms with Crippen molar-refractivity contribution >= 4 is 5.91 Å². The SMILES string of the molecule is O=C(Cn1nc2c(cc1=O)CCCC2)N1CCN(Cc2ccccc2)CC1. The molecule has 6 nitrogen and oxygen atoms in total. The van der Waals surface area contributed by atoms with E-state index < -0.39 is 0 Å². The highest BCUT2D eigenvalue weighted by atomic mass is 16.2. The topological polar surface area (TPSA) is 58.4 Å². The van der Waals surface area contributed by atoms with E-state index in [1.807, 2.05) is 11.0 Å². The van der Waals surface area contributed by atoms with E-state index in [9.17, 15) is 9.59 Å². The Bertz CT molecular complexity index is 854. The van der Waals surface area contributed by atoms with Gasteiger partial charge in [0.25, 0.3) is 5.56 Å². The van der Waals surface area contributed by atoms with Gasteiger partial charge in [-0.3, -0.25) is 14.5 Å². The molecule has 1 aromatic heterocycles. The summed E-state index contributed by atoms with van der Waals surface area (Å²) in [5.74, 6) is -0.0141. The lowest BCUT2D eigenvalue weighted by molar-refractivity contribution is -0.133. The molecule has 0 saturated carbocycles. The third kappa shape index (κ3) is 4.27. The molecule has 6 heteroatoms. The quantitative estimate of drug-likeness (QED) is 0.822. The largest absolute Gasteiger partial charge is 0.339 e. The van der Waals surface area contributed by atoms with E-state index in [1.54, 1.807) is 6.07 Å². The van der Waals surface area contributed by atoms with Gasteiger partial charge in [0.1, 0.15) is 6.54 Å². The second kappa shape index (κ2) is 8.05. The lowest BCUT2D eigenvalue weighted by Gasteiger charge is -2.34. The van der Waals surface area contributed by atoms with Crippen molar-refractivity contribution in [2.24, 2.45) is 0 Å². The highest BCUT2D eigenvalue weighted by molar-refractivity contribution is 5.76. The normalized spacial score (nSPS) is 17.6. The van der Waals surface area contributed by atoms with Gasteiger partial charge in [0.15, 0.2) is 0 Å². The molecule has 0 radical (unpaired) electrons. The van der Waals surface area contributed by atoms with E-state index in [-0.39, 0.29) is 18.0 Å². The number of amides is 1. The van der Waals surface area contributed by atoms with E-state index in [0.717, 1.165) is 56.6 Å². The molecule has 0 unspecified atom stereocenters. The minimum absolute atomic E-state index is 0.0141. The van der Waals surface area contributed by atoms with Crippen molar-refractivity contribution in [3.05, 3.63) is 63.6 Å². The minimum atomic E-state index is -0.160. The van der Waals surface area contributed by atoms with Crippen LogP contribution in [0.15, 0.2) is 41.2 Å². The van der Waals surface area contributed by atoms with Crippen LogP contribution in [0.2, 0.25) is 0 Å². The molecule has 2 aliphatic rings. The van der Waals surface area contributed by atoms with Gasteiger partial charge in [0.05, 0.1) is 5.69 Å². The molecule has 2 aromatic rings. The summed E-state index contributed by atoms with van der Waals surface area (Å²) in [6.45, 7) is 4.07. The first kappa shape index (κ1) is 17.9. The van der Waals surface area contributed by atoms with E-state index in [1.165, 1.54) is 10.2 Å². The predicted molar refractivity (Wildman–Crippen MR) is 103 cm³/mol. The first-order chi connectivity index (χ1) is 13.2. The van der Waals surface area contributed by atoms with Crippen molar-refractivity contribution in [2.75, 3.05) is 26.2 Å². The molecule has 1 aromatic carbocycles. The number of fused-ring (bicyclic) bond motifs is 1. The summed E-state index contributed by atoms with van der Waals surface area (Å²) in [6.07, 6.45) is 4.05. The Morgan fingerprint density at radius 3 is 2.52 bits per heavy atom. The summed E-state index contributed by atoms with van der Waals surface area (Å²) in [6, 6.07) is 12.1. The molecule has 142 valence electrons. The van der Waals surface area contributed by atoms with Gasteiger partial charge in [-0.2, -0.15) is 5.10 Å². The van der Waals surface area contributed by atoms with Crippen LogP contribution in [0.4, 0.5) is 0 Å². The van der Waals surface area contributed by atoms with Gasteiger partial charge in [-0.1, -0.05) is 30.3 Å². The second-order valence-electron chi connectivity index (χ2n) is 7.46. The average molecular weight is 366 g/mol. The highest BCUT2D eigenvalue weighted by Crippen LogP contribution is 2.17. The third-order valence-electron chi connectivity index (χ3n) is 5.53. The molecular weight excluding hydrogens is 340 g/mol. The van der Waals surface area contributed by atoms with Gasteiger partial charge in [0, 0.05) is 38.8 Å². The Balaban J connectivity index is 1.34. The van der Waals surface area contributed by atoms with Gasteiger partial charge in [-0.15, -0.1) is 0 Å². The standard InChI is InChI=1S/C21H26N4O2/c26-20-14-18-8-4-5-9-19(18)22-25(20)16-21(27)24-12-10-23(11-13-24)15-17-6-2-1-3-7-17/h1-3,6-7,14H,4-5,8-13,15-16H2. The average Bonchev–Trinajstić information content (AvgIpc) is 2.70. The Kier molecular flexibility index (Phi) is 5.34. The number of aromatic nitrogens is 2. The van der Waals surface area contributed by atoms with Crippen LogP contribution >= 0.6 is 0 Å². The summed E-state index contributed by atoms with van der Waals surface area (Å²) >= 11 is 0. The first-order valence-corrected chi connectivity index (χ1v) is 9.83. The number of rotatable bonds is 4. The van der Waals surface area contributed by atoms with E-state index in [4.69, 9.17) is 0 Å². The smallest absolute Gasteiger partial charge is 0.267 e. The summed E-state index contributed by atoms with van der Waals surface area (Å²) < 4.78 is 1.35. The fraction of sp³-hybridized carbons (Fsp3) is 0.476. The Morgan fingerprint density at radius 1 is 1.00 bits per heavy atom. The van der Waals surface area contributed by atoms with Crippen molar-refractivity contribution < 1.29 is 4.79 Å². The van der Waals surface area contributed by atoms with Crippen LogP contribution < -0.4 is 5.56 Å². The molecule has 0 N–H and O–H groups in total. The van der Waals surface area contributed by atoms with E-state index in [2.05, 4.69) is 34.3 Å². The number of carbonyl (C=O) groups excluding carboxylic acids is 1. The zero-order valence-electron chi connectivity index (χ0n) is 15.6. The van der Waals surface area contributed by atoms with Crippen LogP contribution in [0, 0.1) is 0 Å². The van der Waals surface area contributed by atoms with E-state index in [0.29, 0.717) is 13.1 Å². The molecular formula is C21H26N4O2. The maximum Gasteiger partial charge on any atom is 0.267 e. The molecule has 2 heterocycles. The first-order valence-electron chi connectivity index (χ1n) is 9.83. The number of piperazine rings is 1. The second-order valence-corrected chi connectivity index (χ2v) is 7.46. The van der Waals surface area contributed by atoms with Crippen LogP contribution in [-0.4, -0.2) is 51.7 Å². The summed E-state index contributed by atoms with van der Waals surface area (Å²) in [4.78, 5) is 29.2. The third-order valence-corrected chi connectivity index (χ3v) is 5.53. The maximum atomic E-state index is 12.7. The number of hydrogen-bond acceptors (Lipinski definition) is 4. The number of hydrogen-bond donors (Lipinski definition) is 0. The molecule has 1 amide bonds. The van der Waals surface area contributed by atoms with Crippen LogP contribution in [0.3, 0.4) is 0 Å². The lowest BCUT2D eigenvalue weighted by Crippen LogP contribution is -2.49. The summed E-state index contributed by atoms with van der Waals surface area (Å²) in [7, 11) is 0. The fourth-order valence-electron chi connectivity index (χ4n) is 3.94. The van der Waals surface area contributed by atoms with Crippen LogP contribution in [0.25, 0.3) is 0 Å². The molecule has 1 aliphatic heterocycles. The number of carbonyl (C=O) groups is 1. The van der Waals surface area contributed by atoms with Crippen molar-refractivity contribution in [3.8, 4) is 0 Å². The molecule has 0 atom stereocenters. The van der Waals surface area contributed by atoms with Crippen molar-refractivity contribution in [1.82, 2.24) is 19.6 Å². The molecule has 27 heavy (non-hydrogen) atoms. The van der Waals surface area contributed by atoms with E-state index >= 15 is 0 Å². The lowest BCUT2D eigenvalue weighted by atomic mass is 9.97. The Hall–Kier alpha value is -2.47. The van der Waals surface area contributed by atoms with Crippen molar-refractivity contribution in [3.63, 3.8) is 0 Å². The zero-order valence-corrected chi connectivity index (χ0v) is 15.6. The van der Waals surface area contributed by atoms with Crippen LogP contribution in [0.1, 0.15) is 29.7 Å². The number of benzene rings is 1. The molecule has 4 rings (SSSR count). The monoisotopic (exact) mass is 366 g/mol. The summed E-state index contributed by atoms with van der Waals surface area (Å²) in [5.41, 5.74) is 3.18. The zero-order chi connectivity index (χ0) is 18.6. The molecule has 1 aliphatic carbocycles. The molecule has 1 saturated heterocycles. The number of nitrogens with zero attached hydrogens (tertiary/aromatic N) is 4. The van der Waals surface area contributed by atoms with Gasteiger partial charge < -0.3 is 4.90 Å². The molecule has 1 fully saturated rings. The predicted octanol–water partition coefficient (Wildman–Crippen LogP) is 1.47. The molecule has 0 spiro atoms. The number of aryl methyl sites for hydroxylation is 2. The fourth-order valence-corrected chi connectivity index (χ4v) is 3.94. The van der Waals surface area contributed by atoms with Gasteiger partial charge >= 0.3 is 0 Å². The van der Waals surface area contributed by atoms with Gasteiger partial charge in [-0.25, -0.2) is 4.68 Å². The minimum Gasteiger partial charge on any atom is -0.339 e. The Morgan fingerprint density at radius 2 is 1.74 bits per heavy atom. The van der Waals surface area contributed by atoms with Gasteiger partial charge in [0.2, 0.25) is 5.91 Å². The Labute approximate surface area is 159 Å². The highest BCUT2D eigenvalue weighted by Gasteiger charge is 2.22. The van der Waals surface area contributed by atoms with Crippen molar-refractivity contribution in [2.45, 2.75) is 38.8 Å². The van der Waals surface area contributed by atoms with Crippen LogP contribution in [-0.2, 0) is 30.7 Å². The maximum absolute atomic E-state index is 12.7.